The van der Waals surface area contributed by atoms with Crippen LogP contribution in [0.15, 0.2) is 23.1 Å². The van der Waals surface area contributed by atoms with Crippen molar-refractivity contribution in [1.82, 2.24) is 4.72 Å². The second-order valence-corrected chi connectivity index (χ2v) is 7.21. The molecule has 0 aromatic heterocycles. The SMILES string of the molecule is CCCC1CC1NS(=O)(=O)c1ccc(C#CCO)cc1Cl. The van der Waals surface area contributed by atoms with Crippen LogP contribution < -0.4 is 4.72 Å². The van der Waals surface area contributed by atoms with Gasteiger partial charge in [0.15, 0.2) is 0 Å². The molecule has 1 fully saturated rings. The number of aliphatic hydroxyl groups is 1. The van der Waals surface area contributed by atoms with Gasteiger partial charge in [0.05, 0.1) is 5.02 Å². The van der Waals surface area contributed by atoms with Crippen molar-refractivity contribution in [3.63, 3.8) is 0 Å². The van der Waals surface area contributed by atoms with Crippen molar-refractivity contribution in [2.45, 2.75) is 37.1 Å². The van der Waals surface area contributed by atoms with Gasteiger partial charge in [-0.1, -0.05) is 36.8 Å². The average molecular weight is 328 g/mol. The van der Waals surface area contributed by atoms with E-state index in [-0.39, 0.29) is 22.6 Å². The number of rotatable bonds is 5. The van der Waals surface area contributed by atoms with Gasteiger partial charge >= 0.3 is 0 Å². The first-order valence-corrected chi connectivity index (χ1v) is 8.75. The third-order valence-corrected chi connectivity index (χ3v) is 5.39. The topological polar surface area (TPSA) is 66.4 Å². The summed E-state index contributed by atoms with van der Waals surface area (Å²) in [5, 5.41) is 8.78. The third kappa shape index (κ3) is 4.21. The Balaban J connectivity index is 2.13. The molecular weight excluding hydrogens is 310 g/mol. The lowest BCUT2D eigenvalue weighted by molar-refractivity contribution is 0.350. The molecule has 4 nitrogen and oxygen atoms in total. The van der Waals surface area contributed by atoms with Gasteiger partial charge in [0.2, 0.25) is 10.0 Å². The molecule has 2 N–H and O–H groups in total. The van der Waals surface area contributed by atoms with E-state index >= 15 is 0 Å². The van der Waals surface area contributed by atoms with Crippen LogP contribution in [0.5, 0.6) is 0 Å². The van der Waals surface area contributed by atoms with E-state index in [4.69, 9.17) is 16.7 Å². The number of nitrogens with one attached hydrogen (secondary N) is 1. The maximum absolute atomic E-state index is 12.3. The minimum Gasteiger partial charge on any atom is -0.384 e. The molecule has 2 unspecified atom stereocenters. The Morgan fingerprint density at radius 3 is 2.86 bits per heavy atom. The standard InChI is InChI=1S/C15H18ClNO3S/c1-2-4-12-10-14(12)17-21(19,20)15-7-6-11(5-3-8-18)9-13(15)16/h6-7,9,12,14,17-18H,2,4,8,10H2,1H3. The molecule has 2 atom stereocenters. The van der Waals surface area contributed by atoms with Crippen molar-refractivity contribution in [2.75, 3.05) is 6.61 Å². The van der Waals surface area contributed by atoms with Crippen molar-refractivity contribution in [1.29, 1.82) is 0 Å². The summed E-state index contributed by atoms with van der Waals surface area (Å²) >= 11 is 6.04. The van der Waals surface area contributed by atoms with Crippen LogP contribution in [0.4, 0.5) is 0 Å². The molecule has 1 aromatic carbocycles. The molecule has 0 radical (unpaired) electrons. The Morgan fingerprint density at radius 2 is 2.24 bits per heavy atom. The maximum atomic E-state index is 12.3. The minimum atomic E-state index is -3.60. The summed E-state index contributed by atoms with van der Waals surface area (Å²) in [6.45, 7) is 1.84. The van der Waals surface area contributed by atoms with Gasteiger partial charge in [-0.05, 0) is 37.0 Å². The molecule has 1 aliphatic rings. The summed E-state index contributed by atoms with van der Waals surface area (Å²) in [6, 6.07) is 4.55. The smallest absolute Gasteiger partial charge is 0.242 e. The Bertz CT molecular complexity index is 676. The molecule has 0 bridgehead atoms. The van der Waals surface area contributed by atoms with Gasteiger partial charge in [-0.15, -0.1) is 0 Å². The molecule has 0 saturated heterocycles. The molecule has 1 aliphatic carbocycles. The maximum Gasteiger partial charge on any atom is 0.242 e. The summed E-state index contributed by atoms with van der Waals surface area (Å²) in [6.07, 6.45) is 2.99. The highest BCUT2D eigenvalue weighted by atomic mass is 35.5. The Hall–Kier alpha value is -1.06. The van der Waals surface area contributed by atoms with Crippen molar-refractivity contribution in [2.24, 2.45) is 5.92 Å². The first-order chi connectivity index (χ1) is 9.97. The fraction of sp³-hybridized carbons (Fsp3) is 0.467. The van der Waals surface area contributed by atoms with E-state index in [1.165, 1.54) is 12.1 Å². The van der Waals surface area contributed by atoms with E-state index in [0.717, 1.165) is 19.3 Å². The number of hydrogen-bond donors (Lipinski definition) is 2. The summed E-state index contributed by atoms with van der Waals surface area (Å²) in [4.78, 5) is 0.0702. The predicted molar refractivity (Wildman–Crippen MR) is 82.5 cm³/mol. The molecule has 0 amide bonds. The molecule has 21 heavy (non-hydrogen) atoms. The second-order valence-electron chi connectivity index (χ2n) is 5.12. The number of aliphatic hydroxyl groups excluding tert-OH is 1. The van der Waals surface area contributed by atoms with Gasteiger partial charge in [-0.3, -0.25) is 0 Å². The molecule has 2 rings (SSSR count). The van der Waals surface area contributed by atoms with Crippen molar-refractivity contribution < 1.29 is 13.5 Å². The Labute approximate surface area is 130 Å². The number of halogens is 1. The van der Waals surface area contributed by atoms with E-state index < -0.39 is 10.0 Å². The number of hydrogen-bond acceptors (Lipinski definition) is 3. The van der Waals surface area contributed by atoms with E-state index in [0.29, 0.717) is 11.5 Å². The van der Waals surface area contributed by atoms with Gasteiger partial charge in [-0.2, -0.15) is 0 Å². The molecule has 0 heterocycles. The van der Waals surface area contributed by atoms with Crippen LogP contribution in [-0.2, 0) is 10.0 Å². The number of sulfonamides is 1. The number of benzene rings is 1. The quantitative estimate of drug-likeness (QED) is 0.814. The Morgan fingerprint density at radius 1 is 1.48 bits per heavy atom. The van der Waals surface area contributed by atoms with Crippen LogP contribution in [0.3, 0.4) is 0 Å². The van der Waals surface area contributed by atoms with Crippen LogP contribution >= 0.6 is 11.6 Å². The lowest BCUT2D eigenvalue weighted by atomic mass is 10.2. The van der Waals surface area contributed by atoms with Crippen LogP contribution in [0.2, 0.25) is 5.02 Å². The van der Waals surface area contributed by atoms with Crippen LogP contribution in [0.25, 0.3) is 0 Å². The first kappa shape index (κ1) is 16.3. The van der Waals surface area contributed by atoms with E-state index in [2.05, 4.69) is 23.5 Å². The van der Waals surface area contributed by atoms with E-state index in [1.807, 2.05) is 0 Å². The van der Waals surface area contributed by atoms with Gasteiger partial charge in [0, 0.05) is 11.6 Å². The highest BCUT2D eigenvalue weighted by Crippen LogP contribution is 2.36. The van der Waals surface area contributed by atoms with Gasteiger partial charge in [0.1, 0.15) is 11.5 Å². The van der Waals surface area contributed by atoms with Crippen LogP contribution in [0.1, 0.15) is 31.7 Å². The van der Waals surface area contributed by atoms with Gasteiger partial charge < -0.3 is 5.11 Å². The lowest BCUT2D eigenvalue weighted by Crippen LogP contribution is -2.27. The summed E-state index contributed by atoms with van der Waals surface area (Å²) in [5.41, 5.74) is 0.572. The average Bonchev–Trinajstić information content (AvgIpc) is 3.13. The Kier molecular flexibility index (Phi) is 5.28. The van der Waals surface area contributed by atoms with Crippen molar-refractivity contribution in [3.8, 4) is 11.8 Å². The predicted octanol–water partition coefficient (Wildman–Crippen LogP) is 2.15. The molecule has 0 spiro atoms. The van der Waals surface area contributed by atoms with E-state index in [9.17, 15) is 8.42 Å². The third-order valence-electron chi connectivity index (χ3n) is 3.42. The fourth-order valence-electron chi connectivity index (χ4n) is 2.28. The molecule has 114 valence electrons. The van der Waals surface area contributed by atoms with Crippen LogP contribution in [-0.4, -0.2) is 26.2 Å². The summed E-state index contributed by atoms with van der Waals surface area (Å²) < 4.78 is 27.3. The molecule has 6 heteroatoms. The minimum absolute atomic E-state index is 0.0277. The highest BCUT2D eigenvalue weighted by Gasteiger charge is 2.39. The summed E-state index contributed by atoms with van der Waals surface area (Å²) in [7, 11) is -3.60. The van der Waals surface area contributed by atoms with Crippen LogP contribution in [0, 0.1) is 17.8 Å². The summed E-state index contributed by atoms with van der Waals surface area (Å²) in [5.74, 6) is 5.63. The zero-order valence-corrected chi connectivity index (χ0v) is 13.3. The lowest BCUT2D eigenvalue weighted by Gasteiger charge is -2.08. The van der Waals surface area contributed by atoms with Crippen molar-refractivity contribution in [3.05, 3.63) is 28.8 Å². The fourth-order valence-corrected chi connectivity index (χ4v) is 4.14. The zero-order valence-electron chi connectivity index (χ0n) is 11.8. The zero-order chi connectivity index (χ0) is 15.5. The van der Waals surface area contributed by atoms with E-state index in [1.54, 1.807) is 6.07 Å². The largest absolute Gasteiger partial charge is 0.384 e. The second kappa shape index (κ2) is 6.80. The molecule has 0 aliphatic heterocycles. The first-order valence-electron chi connectivity index (χ1n) is 6.89. The van der Waals surface area contributed by atoms with Gasteiger partial charge in [-0.25, -0.2) is 13.1 Å². The normalized spacial score (nSPS) is 20.7. The van der Waals surface area contributed by atoms with Crippen molar-refractivity contribution >= 4 is 21.6 Å². The van der Waals surface area contributed by atoms with Gasteiger partial charge in [0.25, 0.3) is 0 Å². The molecule has 1 aromatic rings. The monoisotopic (exact) mass is 327 g/mol. The molecular formula is C15H18ClNO3S. The molecule has 1 saturated carbocycles. The highest BCUT2D eigenvalue weighted by molar-refractivity contribution is 7.89.